The van der Waals surface area contributed by atoms with Crippen LogP contribution in [0.1, 0.15) is 26.7 Å². The first-order valence-corrected chi connectivity index (χ1v) is 5.72. The van der Waals surface area contributed by atoms with E-state index in [-0.39, 0.29) is 12.5 Å². The zero-order valence-electron chi connectivity index (χ0n) is 9.74. The summed E-state index contributed by atoms with van der Waals surface area (Å²) < 4.78 is 5.16. The smallest absolute Gasteiger partial charge is 0.248 e. The van der Waals surface area contributed by atoms with Crippen LogP contribution in [-0.2, 0) is 9.53 Å². The van der Waals surface area contributed by atoms with Crippen molar-refractivity contribution in [3.8, 4) is 0 Å². The Morgan fingerprint density at radius 1 is 1.53 bits per heavy atom. The van der Waals surface area contributed by atoms with Crippen molar-refractivity contribution in [2.24, 2.45) is 11.7 Å². The van der Waals surface area contributed by atoms with Gasteiger partial charge in [-0.2, -0.15) is 0 Å². The van der Waals surface area contributed by atoms with E-state index < -0.39 is 0 Å². The minimum absolute atomic E-state index is 0.0999. The Bertz CT molecular complexity index is 209. The summed E-state index contributed by atoms with van der Waals surface area (Å²) in [5, 5.41) is 0. The van der Waals surface area contributed by atoms with Crippen LogP contribution in [0.4, 0.5) is 0 Å². The average molecular weight is 214 g/mol. The average Bonchev–Trinajstić information content (AvgIpc) is 2.17. The third-order valence-electron chi connectivity index (χ3n) is 2.95. The Labute approximate surface area is 91.8 Å². The monoisotopic (exact) mass is 214 g/mol. The summed E-state index contributed by atoms with van der Waals surface area (Å²) in [6.45, 7) is 6.33. The van der Waals surface area contributed by atoms with Crippen LogP contribution >= 0.6 is 0 Å². The van der Waals surface area contributed by atoms with Crippen LogP contribution in [0.3, 0.4) is 0 Å². The van der Waals surface area contributed by atoms with Gasteiger partial charge < -0.3 is 15.4 Å². The fraction of sp³-hybridized carbons (Fsp3) is 0.909. The highest BCUT2D eigenvalue weighted by molar-refractivity contribution is 5.77. The van der Waals surface area contributed by atoms with Gasteiger partial charge in [0, 0.05) is 19.1 Å². The summed E-state index contributed by atoms with van der Waals surface area (Å²) in [6, 6.07) is 0.350. The van der Waals surface area contributed by atoms with Gasteiger partial charge in [0.25, 0.3) is 0 Å². The number of amides is 1. The van der Waals surface area contributed by atoms with Crippen LogP contribution in [0, 0.1) is 5.92 Å². The molecule has 1 aliphatic heterocycles. The van der Waals surface area contributed by atoms with Gasteiger partial charge in [0.15, 0.2) is 0 Å². The van der Waals surface area contributed by atoms with Crippen LogP contribution < -0.4 is 5.73 Å². The summed E-state index contributed by atoms with van der Waals surface area (Å²) >= 11 is 0. The predicted octanol–water partition coefficient (Wildman–Crippen LogP) is 0.609. The second-order valence-corrected chi connectivity index (χ2v) is 4.41. The van der Waals surface area contributed by atoms with Gasteiger partial charge in [0.2, 0.25) is 5.91 Å². The first-order valence-electron chi connectivity index (χ1n) is 5.72. The highest BCUT2D eigenvalue weighted by atomic mass is 16.5. The van der Waals surface area contributed by atoms with Crippen LogP contribution in [-0.4, -0.2) is 43.2 Å². The van der Waals surface area contributed by atoms with E-state index in [1.807, 2.05) is 4.90 Å². The van der Waals surface area contributed by atoms with Gasteiger partial charge in [-0.3, -0.25) is 4.79 Å². The lowest BCUT2D eigenvalue weighted by Gasteiger charge is -2.36. The molecule has 4 heteroatoms. The molecule has 0 aromatic carbocycles. The van der Waals surface area contributed by atoms with Gasteiger partial charge in [-0.05, 0) is 25.7 Å². The molecule has 4 nitrogen and oxygen atoms in total. The third kappa shape index (κ3) is 3.80. The van der Waals surface area contributed by atoms with Crippen LogP contribution in [0.15, 0.2) is 0 Å². The SMILES string of the molecule is CC1CCN(C(=O)COCCN)C(C)C1. The van der Waals surface area contributed by atoms with Crippen molar-refractivity contribution in [2.45, 2.75) is 32.7 Å². The number of hydrogen-bond acceptors (Lipinski definition) is 3. The summed E-state index contributed by atoms with van der Waals surface area (Å²) in [7, 11) is 0. The van der Waals surface area contributed by atoms with E-state index in [1.165, 1.54) is 0 Å². The Balaban J connectivity index is 2.32. The third-order valence-corrected chi connectivity index (χ3v) is 2.95. The van der Waals surface area contributed by atoms with Crippen molar-refractivity contribution in [1.82, 2.24) is 4.90 Å². The standard InChI is InChI=1S/C11H22N2O2/c1-9-3-5-13(10(2)7-9)11(14)8-15-6-4-12/h9-10H,3-8,12H2,1-2H3. The van der Waals surface area contributed by atoms with Crippen molar-refractivity contribution < 1.29 is 9.53 Å². The van der Waals surface area contributed by atoms with E-state index in [4.69, 9.17) is 10.5 Å². The molecule has 0 aliphatic carbocycles. The number of nitrogens with zero attached hydrogens (tertiary/aromatic N) is 1. The molecule has 1 rings (SSSR count). The zero-order chi connectivity index (χ0) is 11.3. The van der Waals surface area contributed by atoms with E-state index >= 15 is 0 Å². The number of ether oxygens (including phenoxy) is 1. The lowest BCUT2D eigenvalue weighted by molar-refractivity contribution is -0.139. The molecule has 1 saturated heterocycles. The van der Waals surface area contributed by atoms with Gasteiger partial charge in [-0.1, -0.05) is 6.92 Å². The van der Waals surface area contributed by atoms with E-state index in [0.29, 0.717) is 19.2 Å². The topological polar surface area (TPSA) is 55.6 Å². The predicted molar refractivity (Wildman–Crippen MR) is 59.4 cm³/mol. The summed E-state index contributed by atoms with van der Waals surface area (Å²) in [6.07, 6.45) is 2.20. The van der Waals surface area contributed by atoms with Crippen LogP contribution in [0.2, 0.25) is 0 Å². The van der Waals surface area contributed by atoms with Crippen molar-refractivity contribution in [2.75, 3.05) is 26.3 Å². The molecule has 0 spiro atoms. The normalized spacial score (nSPS) is 26.7. The molecule has 1 aliphatic rings. The molecule has 0 aromatic rings. The van der Waals surface area contributed by atoms with Gasteiger partial charge in [-0.15, -0.1) is 0 Å². The fourth-order valence-electron chi connectivity index (χ4n) is 2.10. The van der Waals surface area contributed by atoms with E-state index in [9.17, 15) is 4.79 Å². The maximum absolute atomic E-state index is 11.8. The van der Waals surface area contributed by atoms with Crippen molar-refractivity contribution in [3.63, 3.8) is 0 Å². The Morgan fingerprint density at radius 3 is 2.87 bits per heavy atom. The summed E-state index contributed by atoms with van der Waals surface area (Å²) in [5.74, 6) is 0.830. The molecule has 2 unspecified atom stereocenters. The lowest BCUT2D eigenvalue weighted by atomic mass is 9.93. The van der Waals surface area contributed by atoms with Gasteiger partial charge in [0.1, 0.15) is 6.61 Å². The number of hydrogen-bond donors (Lipinski definition) is 1. The quantitative estimate of drug-likeness (QED) is 0.698. The molecule has 1 amide bonds. The summed E-state index contributed by atoms with van der Waals surface area (Å²) in [4.78, 5) is 13.7. The molecule has 15 heavy (non-hydrogen) atoms. The van der Waals surface area contributed by atoms with E-state index in [0.717, 1.165) is 25.3 Å². The van der Waals surface area contributed by atoms with Crippen LogP contribution in [0.5, 0.6) is 0 Å². The molecule has 2 N–H and O–H groups in total. The molecular formula is C11H22N2O2. The van der Waals surface area contributed by atoms with Gasteiger partial charge in [-0.25, -0.2) is 0 Å². The second-order valence-electron chi connectivity index (χ2n) is 4.41. The largest absolute Gasteiger partial charge is 0.370 e. The molecule has 1 fully saturated rings. The lowest BCUT2D eigenvalue weighted by Crippen LogP contribution is -2.45. The molecular weight excluding hydrogens is 192 g/mol. The van der Waals surface area contributed by atoms with Crippen LogP contribution in [0.25, 0.3) is 0 Å². The molecule has 2 atom stereocenters. The van der Waals surface area contributed by atoms with Crippen molar-refractivity contribution in [3.05, 3.63) is 0 Å². The number of carbonyl (C=O) groups is 1. The molecule has 88 valence electrons. The maximum Gasteiger partial charge on any atom is 0.248 e. The van der Waals surface area contributed by atoms with E-state index in [1.54, 1.807) is 0 Å². The minimum atomic E-state index is 0.0999. The molecule has 0 bridgehead atoms. The number of rotatable bonds is 4. The molecule has 0 saturated carbocycles. The number of piperidine rings is 1. The fourth-order valence-corrected chi connectivity index (χ4v) is 2.10. The molecule has 0 aromatic heterocycles. The Morgan fingerprint density at radius 2 is 2.27 bits per heavy atom. The first kappa shape index (κ1) is 12.5. The van der Waals surface area contributed by atoms with Crippen molar-refractivity contribution in [1.29, 1.82) is 0 Å². The van der Waals surface area contributed by atoms with E-state index in [2.05, 4.69) is 13.8 Å². The highest BCUT2D eigenvalue weighted by Gasteiger charge is 2.26. The van der Waals surface area contributed by atoms with Gasteiger partial charge >= 0.3 is 0 Å². The summed E-state index contributed by atoms with van der Waals surface area (Å²) in [5.41, 5.74) is 5.29. The highest BCUT2D eigenvalue weighted by Crippen LogP contribution is 2.21. The van der Waals surface area contributed by atoms with Gasteiger partial charge in [0.05, 0.1) is 6.61 Å². The second kappa shape index (κ2) is 6.08. The molecule has 1 heterocycles. The maximum atomic E-state index is 11.8. The molecule has 0 radical (unpaired) electrons. The Kier molecular flexibility index (Phi) is 5.05. The number of nitrogens with two attached hydrogens (primary N) is 1. The Hall–Kier alpha value is -0.610. The first-order chi connectivity index (χ1) is 7.15. The van der Waals surface area contributed by atoms with Crippen molar-refractivity contribution >= 4 is 5.91 Å². The number of carbonyl (C=O) groups excluding carboxylic acids is 1. The number of likely N-dealkylation sites (tertiary alicyclic amines) is 1. The zero-order valence-corrected chi connectivity index (χ0v) is 9.74. The minimum Gasteiger partial charge on any atom is -0.370 e.